The van der Waals surface area contributed by atoms with Crippen LogP contribution in [-0.4, -0.2) is 60.4 Å². The predicted molar refractivity (Wildman–Crippen MR) is 166 cm³/mol. The van der Waals surface area contributed by atoms with Gasteiger partial charge in [0.1, 0.15) is 17.3 Å². The highest BCUT2D eigenvalue weighted by Gasteiger charge is 2.33. The lowest BCUT2D eigenvalue weighted by molar-refractivity contribution is -0.143. The van der Waals surface area contributed by atoms with Crippen LogP contribution < -0.4 is 19.5 Å². The lowest BCUT2D eigenvalue weighted by atomic mass is 9.96. The molecular weight excluding hydrogens is 589 g/mol. The van der Waals surface area contributed by atoms with Crippen molar-refractivity contribution in [2.24, 2.45) is 0 Å². The first kappa shape index (κ1) is 32.6. The molecule has 11 heteroatoms. The number of nitrogens with zero attached hydrogens (tertiary/aromatic N) is 2. The zero-order chi connectivity index (χ0) is 32.0. The van der Waals surface area contributed by atoms with E-state index in [1.165, 1.54) is 49.5 Å². The van der Waals surface area contributed by atoms with Crippen molar-refractivity contribution in [3.8, 4) is 23.0 Å². The van der Waals surface area contributed by atoms with E-state index >= 15 is 0 Å². The van der Waals surface area contributed by atoms with E-state index in [0.717, 1.165) is 19.3 Å². The number of rotatable bonds is 9. The third kappa shape index (κ3) is 7.42. The lowest BCUT2D eigenvalue weighted by Crippen LogP contribution is -2.47. The molecule has 2 atom stereocenters. The fraction of sp³-hybridized carbons (Fsp3) is 0.364. The number of amides is 3. The number of anilines is 1. The number of benzene rings is 3. The molecule has 44 heavy (non-hydrogen) atoms. The minimum atomic E-state index is -0.968. The number of carbonyl (C=O) groups is 3. The van der Waals surface area contributed by atoms with Crippen molar-refractivity contribution in [1.29, 1.82) is 0 Å². The molecule has 2 unspecified atom stereocenters. The van der Waals surface area contributed by atoms with E-state index < -0.39 is 17.6 Å². The van der Waals surface area contributed by atoms with Gasteiger partial charge in [-0.1, -0.05) is 11.6 Å². The maximum absolute atomic E-state index is 14.3. The molecule has 9 nitrogen and oxygen atoms in total. The highest BCUT2D eigenvalue weighted by molar-refractivity contribution is 6.40. The minimum absolute atomic E-state index is 0.00401. The second-order valence-electron chi connectivity index (χ2n) is 10.7. The normalized spacial score (nSPS) is 16.2. The summed E-state index contributed by atoms with van der Waals surface area (Å²) in [5.74, 6) is -1.27. The molecule has 1 saturated heterocycles. The van der Waals surface area contributed by atoms with Gasteiger partial charge in [-0.3, -0.25) is 14.4 Å². The van der Waals surface area contributed by atoms with E-state index in [4.69, 9.17) is 25.8 Å². The van der Waals surface area contributed by atoms with Gasteiger partial charge in [0.2, 0.25) is 0 Å². The Balaban J connectivity index is 1.60. The van der Waals surface area contributed by atoms with Crippen molar-refractivity contribution in [1.82, 2.24) is 9.80 Å². The van der Waals surface area contributed by atoms with Gasteiger partial charge in [0.15, 0.2) is 11.5 Å². The SMILES string of the molecule is CCN(Cc1cc(F)ccc1Oc1ccc(Cl)cc1)C(=O)C(=O)Nc1cc(OC)c(OC)cc1C(=O)N1C(C)CCCC1C. The number of hydrogen-bond acceptors (Lipinski definition) is 6. The van der Waals surface area contributed by atoms with Crippen LogP contribution in [0, 0.1) is 5.82 Å². The van der Waals surface area contributed by atoms with Crippen LogP contribution in [0.15, 0.2) is 54.6 Å². The summed E-state index contributed by atoms with van der Waals surface area (Å²) in [6.07, 6.45) is 2.73. The van der Waals surface area contributed by atoms with Gasteiger partial charge in [-0.2, -0.15) is 0 Å². The molecule has 1 heterocycles. The summed E-state index contributed by atoms with van der Waals surface area (Å²) in [4.78, 5) is 43.8. The lowest BCUT2D eigenvalue weighted by Gasteiger charge is -2.39. The van der Waals surface area contributed by atoms with Gasteiger partial charge in [-0.25, -0.2) is 4.39 Å². The molecule has 0 spiro atoms. The van der Waals surface area contributed by atoms with Crippen molar-refractivity contribution < 1.29 is 33.0 Å². The highest BCUT2D eigenvalue weighted by atomic mass is 35.5. The molecular formula is C33H37ClFN3O6. The number of halogens is 2. The van der Waals surface area contributed by atoms with Gasteiger partial charge in [-0.15, -0.1) is 0 Å². The second-order valence-corrected chi connectivity index (χ2v) is 11.1. The van der Waals surface area contributed by atoms with Crippen molar-refractivity contribution in [3.63, 3.8) is 0 Å². The molecule has 3 aromatic rings. The van der Waals surface area contributed by atoms with E-state index in [9.17, 15) is 18.8 Å². The number of carbonyl (C=O) groups excluding carboxylic acids is 3. The summed E-state index contributed by atoms with van der Waals surface area (Å²) in [6.45, 7) is 5.72. The Kier molecular flexibility index (Phi) is 10.7. The molecule has 1 fully saturated rings. The Hall–Kier alpha value is -4.31. The van der Waals surface area contributed by atoms with E-state index in [1.807, 2.05) is 13.8 Å². The largest absolute Gasteiger partial charge is 0.493 e. The molecule has 0 aromatic heterocycles. The van der Waals surface area contributed by atoms with Crippen LogP contribution in [0.1, 0.15) is 56.0 Å². The summed E-state index contributed by atoms with van der Waals surface area (Å²) in [5, 5.41) is 3.16. The molecule has 0 saturated carbocycles. The van der Waals surface area contributed by atoms with E-state index in [2.05, 4.69) is 5.32 Å². The van der Waals surface area contributed by atoms with Crippen LogP contribution in [0.4, 0.5) is 10.1 Å². The Morgan fingerprint density at radius 2 is 1.59 bits per heavy atom. The molecule has 3 aromatic carbocycles. The fourth-order valence-corrected chi connectivity index (χ4v) is 5.50. The van der Waals surface area contributed by atoms with Gasteiger partial charge in [0.25, 0.3) is 5.91 Å². The van der Waals surface area contributed by atoms with Crippen LogP contribution in [0.25, 0.3) is 0 Å². The molecule has 0 radical (unpaired) electrons. The zero-order valence-electron chi connectivity index (χ0n) is 25.5. The smallest absolute Gasteiger partial charge is 0.313 e. The van der Waals surface area contributed by atoms with Crippen LogP contribution in [-0.2, 0) is 16.1 Å². The van der Waals surface area contributed by atoms with Crippen molar-refractivity contribution >= 4 is 35.0 Å². The summed E-state index contributed by atoms with van der Waals surface area (Å²) >= 11 is 5.97. The maximum Gasteiger partial charge on any atom is 0.313 e. The van der Waals surface area contributed by atoms with Gasteiger partial charge in [0, 0.05) is 41.8 Å². The topological polar surface area (TPSA) is 97.4 Å². The Morgan fingerprint density at radius 1 is 0.955 bits per heavy atom. The molecule has 0 aliphatic carbocycles. The minimum Gasteiger partial charge on any atom is -0.493 e. The Labute approximate surface area is 261 Å². The van der Waals surface area contributed by atoms with Gasteiger partial charge >= 0.3 is 11.8 Å². The van der Waals surface area contributed by atoms with E-state index in [-0.39, 0.29) is 48.1 Å². The molecule has 1 aliphatic heterocycles. The average Bonchev–Trinajstić information content (AvgIpc) is 3.01. The fourth-order valence-electron chi connectivity index (χ4n) is 5.37. The van der Waals surface area contributed by atoms with Gasteiger partial charge in [-0.05, 0) is 88.6 Å². The molecule has 1 aliphatic rings. The van der Waals surface area contributed by atoms with Crippen molar-refractivity contribution in [3.05, 3.63) is 76.6 Å². The highest BCUT2D eigenvalue weighted by Crippen LogP contribution is 2.36. The first-order valence-electron chi connectivity index (χ1n) is 14.5. The van der Waals surface area contributed by atoms with E-state index in [0.29, 0.717) is 27.8 Å². The quantitative estimate of drug-likeness (QED) is 0.267. The average molecular weight is 626 g/mol. The number of piperidine rings is 1. The molecule has 234 valence electrons. The van der Waals surface area contributed by atoms with Crippen molar-refractivity contribution in [2.75, 3.05) is 26.1 Å². The van der Waals surface area contributed by atoms with Crippen molar-refractivity contribution in [2.45, 2.75) is 58.7 Å². The van der Waals surface area contributed by atoms with Gasteiger partial charge in [0.05, 0.1) is 25.5 Å². The van der Waals surface area contributed by atoms with Crippen LogP contribution >= 0.6 is 11.6 Å². The monoisotopic (exact) mass is 625 g/mol. The van der Waals surface area contributed by atoms with Gasteiger partial charge < -0.3 is 29.3 Å². The predicted octanol–water partition coefficient (Wildman–Crippen LogP) is 6.68. The zero-order valence-corrected chi connectivity index (χ0v) is 26.2. The summed E-state index contributed by atoms with van der Waals surface area (Å²) in [7, 11) is 2.89. The van der Waals surface area contributed by atoms with Crippen LogP contribution in [0.3, 0.4) is 0 Å². The summed E-state index contributed by atoms with van der Waals surface area (Å²) < 4.78 is 31.1. The first-order chi connectivity index (χ1) is 21.1. The second kappa shape index (κ2) is 14.4. The Morgan fingerprint density at radius 3 is 2.20 bits per heavy atom. The molecule has 3 amide bonds. The maximum atomic E-state index is 14.3. The number of likely N-dealkylation sites (N-methyl/N-ethyl adjacent to an activating group) is 1. The summed E-state index contributed by atoms with van der Waals surface area (Å²) in [5.41, 5.74) is 0.652. The third-order valence-electron chi connectivity index (χ3n) is 7.72. The number of nitrogens with one attached hydrogen (secondary N) is 1. The number of likely N-dealkylation sites (tertiary alicyclic amines) is 1. The number of ether oxygens (including phenoxy) is 3. The standard InChI is InChI=1S/C33H37ClFN3O6/c1-6-37(19-22-16-24(35)12-15-28(22)44-25-13-10-23(34)11-14-25)33(41)31(39)36-27-18-30(43-5)29(42-4)17-26(27)32(40)38-20(2)8-7-9-21(38)3/h10-18,20-21H,6-9,19H2,1-5H3,(H,36,39). The number of methoxy groups -OCH3 is 2. The molecule has 1 N–H and O–H groups in total. The molecule has 4 rings (SSSR count). The summed E-state index contributed by atoms with van der Waals surface area (Å²) in [6, 6.07) is 13.6. The number of hydrogen-bond donors (Lipinski definition) is 1. The third-order valence-corrected chi connectivity index (χ3v) is 7.97. The Bertz CT molecular complexity index is 1510. The van der Waals surface area contributed by atoms with Crippen LogP contribution in [0.5, 0.6) is 23.0 Å². The van der Waals surface area contributed by atoms with E-state index in [1.54, 1.807) is 36.1 Å². The first-order valence-corrected chi connectivity index (χ1v) is 14.8. The molecule has 0 bridgehead atoms. The van der Waals surface area contributed by atoms with Crippen LogP contribution in [0.2, 0.25) is 5.02 Å².